The fourth-order valence-electron chi connectivity index (χ4n) is 3.89. The Bertz CT molecular complexity index is 688. The van der Waals surface area contributed by atoms with Crippen LogP contribution in [0.4, 0.5) is 0 Å². The van der Waals surface area contributed by atoms with Crippen molar-refractivity contribution in [2.45, 2.75) is 19.0 Å². The average Bonchev–Trinajstić information content (AvgIpc) is 3.04. The monoisotopic (exact) mass is 366 g/mol. The Morgan fingerprint density at radius 1 is 1.21 bits per heavy atom. The first-order valence-electron chi connectivity index (χ1n) is 8.50. The van der Waals surface area contributed by atoms with Crippen LogP contribution in [0, 0.1) is 0 Å². The standard InChI is InChI=1S/C18H23ClN4.ClH/c19-16-10-14-2-1-4-21-18(14)15(11-16)12-22-7-3-17(13-22)23-8-5-20-6-9-23;/h1-2,4,10-11,17,20H,3,5-9,12-13H2;1H. The molecule has 24 heavy (non-hydrogen) atoms. The number of nitrogens with zero attached hydrogens (tertiary/aromatic N) is 3. The molecule has 0 saturated carbocycles. The van der Waals surface area contributed by atoms with Crippen molar-refractivity contribution < 1.29 is 0 Å². The number of benzene rings is 1. The van der Waals surface area contributed by atoms with Gasteiger partial charge in [0.05, 0.1) is 5.52 Å². The lowest BCUT2D eigenvalue weighted by Gasteiger charge is -2.32. The highest BCUT2D eigenvalue weighted by Gasteiger charge is 2.28. The minimum Gasteiger partial charge on any atom is -0.314 e. The van der Waals surface area contributed by atoms with Crippen molar-refractivity contribution in [2.24, 2.45) is 0 Å². The van der Waals surface area contributed by atoms with Crippen LogP contribution in [0.3, 0.4) is 0 Å². The highest BCUT2D eigenvalue weighted by molar-refractivity contribution is 6.31. The minimum atomic E-state index is 0. The number of hydrogen-bond acceptors (Lipinski definition) is 4. The van der Waals surface area contributed by atoms with E-state index in [0.29, 0.717) is 6.04 Å². The van der Waals surface area contributed by atoms with E-state index >= 15 is 0 Å². The number of fused-ring (bicyclic) bond motifs is 1. The molecule has 1 atom stereocenters. The lowest BCUT2D eigenvalue weighted by molar-refractivity contribution is 0.170. The lowest BCUT2D eigenvalue weighted by atomic mass is 10.1. The molecule has 0 spiro atoms. The van der Waals surface area contributed by atoms with Crippen LogP contribution in [0.15, 0.2) is 30.5 Å². The van der Waals surface area contributed by atoms with E-state index in [9.17, 15) is 0 Å². The molecule has 2 aromatic rings. The van der Waals surface area contributed by atoms with Crippen LogP contribution < -0.4 is 5.32 Å². The number of rotatable bonds is 3. The molecule has 3 heterocycles. The van der Waals surface area contributed by atoms with Crippen molar-refractivity contribution in [1.82, 2.24) is 20.1 Å². The molecule has 2 fully saturated rings. The number of halogens is 2. The van der Waals surface area contributed by atoms with Crippen LogP contribution in [0.2, 0.25) is 5.02 Å². The lowest BCUT2D eigenvalue weighted by Crippen LogP contribution is -2.49. The molecule has 6 heteroatoms. The predicted molar refractivity (Wildman–Crippen MR) is 102 cm³/mol. The molecule has 130 valence electrons. The van der Waals surface area contributed by atoms with Crippen molar-refractivity contribution in [3.05, 3.63) is 41.0 Å². The summed E-state index contributed by atoms with van der Waals surface area (Å²) in [5.74, 6) is 0. The third kappa shape index (κ3) is 3.84. The van der Waals surface area contributed by atoms with Crippen LogP contribution in [0.5, 0.6) is 0 Å². The summed E-state index contributed by atoms with van der Waals surface area (Å²) in [7, 11) is 0. The van der Waals surface area contributed by atoms with Crippen molar-refractivity contribution in [3.8, 4) is 0 Å². The van der Waals surface area contributed by atoms with Crippen molar-refractivity contribution in [1.29, 1.82) is 0 Å². The molecule has 0 amide bonds. The zero-order valence-corrected chi connectivity index (χ0v) is 15.3. The van der Waals surface area contributed by atoms with Gasteiger partial charge in [-0.3, -0.25) is 14.8 Å². The van der Waals surface area contributed by atoms with E-state index in [0.717, 1.165) is 48.6 Å². The number of aromatic nitrogens is 1. The molecule has 1 N–H and O–H groups in total. The Morgan fingerprint density at radius 2 is 2.04 bits per heavy atom. The molecule has 0 aliphatic carbocycles. The predicted octanol–water partition coefficient (Wildman–Crippen LogP) is 2.79. The molecule has 1 aromatic carbocycles. The maximum Gasteiger partial charge on any atom is 0.0747 e. The topological polar surface area (TPSA) is 31.4 Å². The number of hydrogen-bond donors (Lipinski definition) is 1. The summed E-state index contributed by atoms with van der Waals surface area (Å²) in [6.07, 6.45) is 3.14. The maximum atomic E-state index is 6.30. The van der Waals surface area contributed by atoms with Crippen molar-refractivity contribution in [3.63, 3.8) is 0 Å². The fourth-order valence-corrected chi connectivity index (χ4v) is 4.14. The molecular formula is C18H24Cl2N4. The molecule has 0 bridgehead atoms. The minimum absolute atomic E-state index is 0. The van der Waals surface area contributed by atoms with E-state index < -0.39 is 0 Å². The van der Waals surface area contributed by atoms with Gasteiger partial charge in [0, 0.05) is 68.5 Å². The van der Waals surface area contributed by atoms with Gasteiger partial charge in [0.25, 0.3) is 0 Å². The molecule has 1 aromatic heterocycles. The number of piperazine rings is 1. The molecule has 2 saturated heterocycles. The van der Waals surface area contributed by atoms with Gasteiger partial charge in [0.15, 0.2) is 0 Å². The Balaban J connectivity index is 0.00000169. The zero-order chi connectivity index (χ0) is 15.6. The average molecular weight is 367 g/mol. The smallest absolute Gasteiger partial charge is 0.0747 e. The molecule has 4 nitrogen and oxygen atoms in total. The SMILES string of the molecule is Cl.Clc1cc(CN2CCC(N3CCNCC3)C2)c2ncccc2c1. The summed E-state index contributed by atoms with van der Waals surface area (Å²) in [6, 6.07) is 8.84. The largest absolute Gasteiger partial charge is 0.314 e. The Hall–Kier alpha value is -0.910. The first-order chi connectivity index (χ1) is 11.3. The molecule has 1 unspecified atom stereocenters. The first kappa shape index (κ1) is 17.9. The van der Waals surface area contributed by atoms with Gasteiger partial charge >= 0.3 is 0 Å². The van der Waals surface area contributed by atoms with Gasteiger partial charge < -0.3 is 5.32 Å². The first-order valence-corrected chi connectivity index (χ1v) is 8.88. The Labute approximate surface area is 154 Å². The normalized spacial score (nSPS) is 22.6. The van der Waals surface area contributed by atoms with E-state index in [4.69, 9.17) is 11.6 Å². The van der Waals surface area contributed by atoms with E-state index in [2.05, 4.69) is 32.2 Å². The molecular weight excluding hydrogens is 343 g/mol. The van der Waals surface area contributed by atoms with Gasteiger partial charge in [-0.15, -0.1) is 12.4 Å². The van der Waals surface area contributed by atoms with Crippen LogP contribution in [0.1, 0.15) is 12.0 Å². The van der Waals surface area contributed by atoms with Crippen molar-refractivity contribution in [2.75, 3.05) is 39.3 Å². The summed E-state index contributed by atoms with van der Waals surface area (Å²) < 4.78 is 0. The van der Waals surface area contributed by atoms with E-state index in [1.807, 2.05) is 18.3 Å². The van der Waals surface area contributed by atoms with Gasteiger partial charge in [0.1, 0.15) is 0 Å². The van der Waals surface area contributed by atoms with Gasteiger partial charge in [-0.25, -0.2) is 0 Å². The van der Waals surface area contributed by atoms with Gasteiger partial charge in [-0.1, -0.05) is 17.7 Å². The Morgan fingerprint density at radius 3 is 2.88 bits per heavy atom. The second-order valence-electron chi connectivity index (χ2n) is 6.60. The molecule has 0 radical (unpaired) electrons. The van der Waals surface area contributed by atoms with Crippen LogP contribution >= 0.6 is 24.0 Å². The van der Waals surface area contributed by atoms with Crippen LogP contribution in [0.25, 0.3) is 10.9 Å². The summed E-state index contributed by atoms with van der Waals surface area (Å²) >= 11 is 6.30. The second-order valence-corrected chi connectivity index (χ2v) is 7.04. The quantitative estimate of drug-likeness (QED) is 0.904. The maximum absolute atomic E-state index is 6.30. The van der Waals surface area contributed by atoms with Gasteiger partial charge in [-0.05, 0) is 30.2 Å². The summed E-state index contributed by atoms with van der Waals surface area (Å²) in [5.41, 5.74) is 2.33. The molecule has 2 aliphatic heterocycles. The van der Waals surface area contributed by atoms with Crippen LogP contribution in [-0.4, -0.2) is 60.1 Å². The highest BCUT2D eigenvalue weighted by Crippen LogP contribution is 2.25. The summed E-state index contributed by atoms with van der Waals surface area (Å²) in [5, 5.41) is 5.37. The number of nitrogens with one attached hydrogen (secondary N) is 1. The van der Waals surface area contributed by atoms with Crippen molar-refractivity contribution >= 4 is 34.9 Å². The number of likely N-dealkylation sites (tertiary alicyclic amines) is 1. The molecule has 4 rings (SSSR count). The highest BCUT2D eigenvalue weighted by atomic mass is 35.5. The Kier molecular flexibility index (Phi) is 5.95. The number of pyridine rings is 1. The zero-order valence-electron chi connectivity index (χ0n) is 13.7. The third-order valence-corrected chi connectivity index (χ3v) is 5.28. The van der Waals surface area contributed by atoms with E-state index in [1.165, 1.54) is 25.1 Å². The van der Waals surface area contributed by atoms with E-state index in [1.54, 1.807) is 0 Å². The summed E-state index contributed by atoms with van der Waals surface area (Å²) in [6.45, 7) is 7.87. The second kappa shape index (κ2) is 7.98. The van der Waals surface area contributed by atoms with Gasteiger partial charge in [0.2, 0.25) is 0 Å². The van der Waals surface area contributed by atoms with E-state index in [-0.39, 0.29) is 12.4 Å². The van der Waals surface area contributed by atoms with Gasteiger partial charge in [-0.2, -0.15) is 0 Å². The fraction of sp³-hybridized carbons (Fsp3) is 0.500. The summed E-state index contributed by atoms with van der Waals surface area (Å²) in [4.78, 5) is 9.76. The molecule has 2 aliphatic rings. The van der Waals surface area contributed by atoms with Crippen LogP contribution in [-0.2, 0) is 6.54 Å². The third-order valence-electron chi connectivity index (χ3n) is 5.06.